The first-order chi connectivity index (χ1) is 8.88. The second-order valence-electron chi connectivity index (χ2n) is 4.34. The fourth-order valence-corrected chi connectivity index (χ4v) is 2.22. The molecule has 0 bridgehead atoms. The molecule has 0 aliphatic heterocycles. The molecule has 3 rings (SSSR count). The SMILES string of the molecule is N#Cc1nnc2ccccc2c1NC1CC=CC1. The van der Waals surface area contributed by atoms with Crippen LogP contribution in [0.3, 0.4) is 0 Å². The van der Waals surface area contributed by atoms with Crippen LogP contribution >= 0.6 is 0 Å². The van der Waals surface area contributed by atoms with Crippen molar-refractivity contribution in [3.63, 3.8) is 0 Å². The van der Waals surface area contributed by atoms with Gasteiger partial charge in [0.05, 0.1) is 11.2 Å². The van der Waals surface area contributed by atoms with Crippen LogP contribution in [0.1, 0.15) is 18.5 Å². The highest BCUT2D eigenvalue weighted by Crippen LogP contribution is 2.26. The number of hydrogen-bond acceptors (Lipinski definition) is 4. The summed E-state index contributed by atoms with van der Waals surface area (Å²) in [6.07, 6.45) is 6.28. The molecule has 4 nitrogen and oxygen atoms in total. The smallest absolute Gasteiger partial charge is 0.186 e. The number of nitrogens with one attached hydrogen (secondary N) is 1. The van der Waals surface area contributed by atoms with Crippen LogP contribution < -0.4 is 5.32 Å². The van der Waals surface area contributed by atoms with Crippen molar-refractivity contribution in [1.82, 2.24) is 10.2 Å². The summed E-state index contributed by atoms with van der Waals surface area (Å²) < 4.78 is 0. The van der Waals surface area contributed by atoms with Crippen molar-refractivity contribution in [2.24, 2.45) is 0 Å². The van der Waals surface area contributed by atoms with Gasteiger partial charge in [-0.05, 0) is 18.9 Å². The zero-order valence-electron chi connectivity index (χ0n) is 9.80. The van der Waals surface area contributed by atoms with E-state index in [1.165, 1.54) is 0 Å². The lowest BCUT2D eigenvalue weighted by Crippen LogP contribution is -2.17. The van der Waals surface area contributed by atoms with E-state index in [0.717, 1.165) is 29.4 Å². The summed E-state index contributed by atoms with van der Waals surface area (Å²) in [7, 11) is 0. The Hall–Kier alpha value is -2.41. The monoisotopic (exact) mass is 236 g/mol. The molecule has 4 heteroatoms. The van der Waals surface area contributed by atoms with E-state index in [-0.39, 0.29) is 0 Å². The third-order valence-corrected chi connectivity index (χ3v) is 3.13. The van der Waals surface area contributed by atoms with Crippen molar-refractivity contribution >= 4 is 16.6 Å². The normalized spacial score (nSPS) is 14.8. The Bertz CT molecular complexity index is 646. The predicted molar refractivity (Wildman–Crippen MR) is 70.0 cm³/mol. The van der Waals surface area contributed by atoms with E-state index in [1.54, 1.807) is 0 Å². The number of nitriles is 1. The van der Waals surface area contributed by atoms with Crippen LogP contribution in [0, 0.1) is 11.3 Å². The summed E-state index contributed by atoms with van der Waals surface area (Å²) in [5.41, 5.74) is 1.97. The Balaban J connectivity index is 2.09. The Labute approximate surface area is 105 Å². The summed E-state index contributed by atoms with van der Waals surface area (Å²) in [5, 5.41) is 21.5. The summed E-state index contributed by atoms with van der Waals surface area (Å²) in [5.74, 6) is 0. The van der Waals surface area contributed by atoms with Crippen LogP contribution in [0.15, 0.2) is 36.4 Å². The van der Waals surface area contributed by atoms with Crippen LogP contribution in [-0.2, 0) is 0 Å². The number of hydrogen-bond donors (Lipinski definition) is 1. The highest BCUT2D eigenvalue weighted by atomic mass is 15.1. The van der Waals surface area contributed by atoms with Gasteiger partial charge >= 0.3 is 0 Å². The van der Waals surface area contributed by atoms with Gasteiger partial charge in [-0.15, -0.1) is 10.2 Å². The third-order valence-electron chi connectivity index (χ3n) is 3.13. The highest BCUT2D eigenvalue weighted by Gasteiger charge is 2.15. The average Bonchev–Trinajstić information content (AvgIpc) is 2.92. The lowest BCUT2D eigenvalue weighted by Gasteiger charge is -2.15. The minimum Gasteiger partial charge on any atom is -0.379 e. The van der Waals surface area contributed by atoms with Crippen molar-refractivity contribution in [3.05, 3.63) is 42.1 Å². The summed E-state index contributed by atoms with van der Waals surface area (Å²) >= 11 is 0. The fraction of sp³-hybridized carbons (Fsp3) is 0.214. The van der Waals surface area contributed by atoms with Crippen molar-refractivity contribution < 1.29 is 0 Å². The van der Waals surface area contributed by atoms with E-state index < -0.39 is 0 Å². The van der Waals surface area contributed by atoms with E-state index in [4.69, 9.17) is 5.26 Å². The Morgan fingerprint density at radius 1 is 1.17 bits per heavy atom. The van der Waals surface area contributed by atoms with E-state index >= 15 is 0 Å². The first kappa shape index (κ1) is 10.7. The molecule has 1 aromatic heterocycles. The minimum atomic E-state index is 0.352. The molecule has 0 unspecified atom stereocenters. The molecule has 1 aliphatic rings. The maximum Gasteiger partial charge on any atom is 0.186 e. The van der Waals surface area contributed by atoms with Gasteiger partial charge < -0.3 is 5.32 Å². The highest BCUT2D eigenvalue weighted by molar-refractivity contribution is 5.92. The van der Waals surface area contributed by atoms with Gasteiger partial charge in [-0.3, -0.25) is 0 Å². The molecule has 1 aliphatic carbocycles. The van der Waals surface area contributed by atoms with Crippen molar-refractivity contribution in [1.29, 1.82) is 5.26 Å². The van der Waals surface area contributed by atoms with E-state index in [9.17, 15) is 0 Å². The molecule has 0 spiro atoms. The molecule has 0 amide bonds. The largest absolute Gasteiger partial charge is 0.379 e. The van der Waals surface area contributed by atoms with Crippen LogP contribution in [0.4, 0.5) is 5.69 Å². The molecular formula is C14H12N4. The zero-order chi connectivity index (χ0) is 12.4. The van der Waals surface area contributed by atoms with Gasteiger partial charge in [0.15, 0.2) is 5.69 Å². The second kappa shape index (κ2) is 4.46. The van der Waals surface area contributed by atoms with Gasteiger partial charge in [-0.25, -0.2) is 0 Å². The number of anilines is 1. The Kier molecular flexibility index (Phi) is 2.66. The first-order valence-corrected chi connectivity index (χ1v) is 5.95. The zero-order valence-corrected chi connectivity index (χ0v) is 9.80. The Morgan fingerprint density at radius 2 is 1.94 bits per heavy atom. The molecule has 0 saturated heterocycles. The quantitative estimate of drug-likeness (QED) is 0.814. The summed E-state index contributed by atoms with van der Waals surface area (Å²) in [6.45, 7) is 0. The minimum absolute atomic E-state index is 0.352. The lowest BCUT2D eigenvalue weighted by atomic mass is 10.1. The van der Waals surface area contributed by atoms with Crippen LogP contribution in [0.5, 0.6) is 0 Å². The molecular weight excluding hydrogens is 224 g/mol. The molecule has 1 heterocycles. The number of rotatable bonds is 2. The number of aromatic nitrogens is 2. The van der Waals surface area contributed by atoms with E-state index in [2.05, 4.69) is 33.7 Å². The van der Waals surface area contributed by atoms with Crippen molar-refractivity contribution in [3.8, 4) is 6.07 Å². The van der Waals surface area contributed by atoms with Crippen LogP contribution in [-0.4, -0.2) is 16.2 Å². The maximum atomic E-state index is 9.14. The summed E-state index contributed by atoms with van der Waals surface area (Å²) in [6, 6.07) is 10.2. The molecule has 1 aromatic carbocycles. The second-order valence-corrected chi connectivity index (χ2v) is 4.34. The van der Waals surface area contributed by atoms with Crippen LogP contribution in [0.25, 0.3) is 10.9 Å². The van der Waals surface area contributed by atoms with Crippen molar-refractivity contribution in [2.75, 3.05) is 5.32 Å². The molecule has 0 fully saturated rings. The number of fused-ring (bicyclic) bond motifs is 1. The molecule has 1 N–H and O–H groups in total. The van der Waals surface area contributed by atoms with Gasteiger partial charge in [-0.1, -0.05) is 30.4 Å². The van der Waals surface area contributed by atoms with Gasteiger partial charge in [0.1, 0.15) is 6.07 Å². The standard InChI is InChI=1S/C14H12N4/c15-9-13-14(16-10-5-1-2-6-10)11-7-3-4-8-12(11)17-18-13/h1-4,7-8,10H,5-6H2,(H,16,17). The van der Waals surface area contributed by atoms with Gasteiger partial charge in [0, 0.05) is 11.4 Å². The Morgan fingerprint density at radius 3 is 2.72 bits per heavy atom. The molecule has 88 valence electrons. The average molecular weight is 236 g/mol. The van der Waals surface area contributed by atoms with Crippen LogP contribution in [0.2, 0.25) is 0 Å². The van der Waals surface area contributed by atoms with Gasteiger partial charge in [0.2, 0.25) is 0 Å². The third kappa shape index (κ3) is 1.80. The van der Waals surface area contributed by atoms with Crippen molar-refractivity contribution in [2.45, 2.75) is 18.9 Å². The molecule has 18 heavy (non-hydrogen) atoms. The summed E-state index contributed by atoms with van der Waals surface area (Å²) in [4.78, 5) is 0. The number of nitrogens with zero attached hydrogens (tertiary/aromatic N) is 3. The molecule has 0 saturated carbocycles. The molecule has 0 radical (unpaired) electrons. The van der Waals surface area contributed by atoms with E-state index in [1.807, 2.05) is 24.3 Å². The number of benzene rings is 1. The van der Waals surface area contributed by atoms with Gasteiger partial charge in [0.25, 0.3) is 0 Å². The maximum absolute atomic E-state index is 9.14. The molecule has 2 aromatic rings. The van der Waals surface area contributed by atoms with E-state index in [0.29, 0.717) is 11.7 Å². The van der Waals surface area contributed by atoms with Gasteiger partial charge in [-0.2, -0.15) is 5.26 Å². The lowest BCUT2D eigenvalue weighted by molar-refractivity contribution is 0.785. The molecule has 0 atom stereocenters. The fourth-order valence-electron chi connectivity index (χ4n) is 2.22. The predicted octanol–water partition coefficient (Wildman–Crippen LogP) is 2.63. The topological polar surface area (TPSA) is 61.6 Å². The first-order valence-electron chi connectivity index (χ1n) is 5.95.